The molecule has 1 amide bonds. The van der Waals surface area contributed by atoms with Gasteiger partial charge in [-0.05, 0) is 36.1 Å². The van der Waals surface area contributed by atoms with Crippen molar-refractivity contribution in [2.45, 2.75) is 50.9 Å². The molecule has 0 spiro atoms. The number of hydrogen-bond acceptors (Lipinski definition) is 7. The van der Waals surface area contributed by atoms with Gasteiger partial charge in [0.25, 0.3) is 5.69 Å². The van der Waals surface area contributed by atoms with Crippen LogP contribution < -0.4 is 10.1 Å². The number of carbonyl (C=O) groups excluding carboxylic acids is 1. The number of rotatable bonds is 10. The summed E-state index contributed by atoms with van der Waals surface area (Å²) in [5.41, 5.74) is 1.26. The molecule has 0 bridgehead atoms. The summed E-state index contributed by atoms with van der Waals surface area (Å²) in [6, 6.07) is 11.8. The van der Waals surface area contributed by atoms with Crippen LogP contribution in [0.2, 0.25) is 5.02 Å². The molecule has 0 radical (unpaired) electrons. The summed E-state index contributed by atoms with van der Waals surface area (Å²) in [5, 5.41) is 22.8. The second kappa shape index (κ2) is 11.6. The zero-order valence-electron chi connectivity index (χ0n) is 20.5. The van der Waals surface area contributed by atoms with Crippen LogP contribution in [0.5, 0.6) is 5.75 Å². The predicted octanol–water partition coefficient (Wildman–Crippen LogP) is 6.19. The van der Waals surface area contributed by atoms with Crippen LogP contribution in [-0.4, -0.2) is 31.3 Å². The topological polar surface area (TPSA) is 112 Å². The number of hydrogen-bond donors (Lipinski definition) is 1. The minimum Gasteiger partial charge on any atom is -0.483 e. The first-order chi connectivity index (χ1) is 17.0. The van der Waals surface area contributed by atoms with E-state index in [1.54, 1.807) is 6.08 Å². The third-order valence-electron chi connectivity index (χ3n) is 5.22. The maximum absolute atomic E-state index is 12.5. The Bertz CT molecular complexity index is 1250. The van der Waals surface area contributed by atoms with E-state index < -0.39 is 11.0 Å². The second-order valence-electron chi connectivity index (χ2n) is 9.03. The van der Waals surface area contributed by atoms with Crippen LogP contribution in [0.15, 0.2) is 60.3 Å². The number of nitro groups is 1. The predicted molar refractivity (Wildman–Crippen MR) is 142 cm³/mol. The van der Waals surface area contributed by atoms with Crippen molar-refractivity contribution >= 4 is 40.6 Å². The molecule has 1 unspecified atom stereocenters. The standard InChI is InChI=1S/C25H28ClN5O4S/c1-6-13-30-23(16(2)35-19-10-7-17(8-11-19)25(3,4)5)28-29-24(30)36-15-22(32)27-21-14-18(31(33)34)9-12-20(21)26/h6-12,14,16H,1,13,15H2,2-5H3,(H,27,32). The summed E-state index contributed by atoms with van der Waals surface area (Å²) >= 11 is 7.25. The molecule has 1 atom stereocenters. The number of non-ortho nitro benzene ring substituents is 1. The number of nitrogens with one attached hydrogen (secondary N) is 1. The van der Waals surface area contributed by atoms with Crippen LogP contribution in [0.1, 0.15) is 45.2 Å². The van der Waals surface area contributed by atoms with Gasteiger partial charge in [0.05, 0.1) is 21.4 Å². The van der Waals surface area contributed by atoms with E-state index >= 15 is 0 Å². The maximum Gasteiger partial charge on any atom is 0.271 e. The van der Waals surface area contributed by atoms with Gasteiger partial charge in [-0.1, -0.05) is 62.3 Å². The van der Waals surface area contributed by atoms with Crippen molar-refractivity contribution in [2.24, 2.45) is 0 Å². The lowest BCUT2D eigenvalue weighted by atomic mass is 9.87. The van der Waals surface area contributed by atoms with Gasteiger partial charge < -0.3 is 10.1 Å². The number of nitrogens with zero attached hydrogens (tertiary/aromatic N) is 4. The Morgan fingerprint density at radius 1 is 1.28 bits per heavy atom. The van der Waals surface area contributed by atoms with Crippen LogP contribution in [0.3, 0.4) is 0 Å². The summed E-state index contributed by atoms with van der Waals surface area (Å²) < 4.78 is 7.93. The molecule has 0 aliphatic rings. The number of halogens is 1. The van der Waals surface area contributed by atoms with Gasteiger partial charge in [-0.25, -0.2) is 0 Å². The molecule has 0 aliphatic heterocycles. The van der Waals surface area contributed by atoms with E-state index in [0.717, 1.165) is 0 Å². The number of anilines is 1. The maximum atomic E-state index is 12.5. The van der Waals surface area contributed by atoms with Crippen molar-refractivity contribution < 1.29 is 14.5 Å². The Morgan fingerprint density at radius 3 is 2.58 bits per heavy atom. The number of allylic oxidation sites excluding steroid dienone is 1. The number of nitro benzene ring substituents is 1. The Hall–Kier alpha value is -3.37. The van der Waals surface area contributed by atoms with Crippen LogP contribution >= 0.6 is 23.4 Å². The van der Waals surface area contributed by atoms with E-state index in [2.05, 4.69) is 42.9 Å². The van der Waals surface area contributed by atoms with Crippen LogP contribution in [0, 0.1) is 10.1 Å². The molecule has 0 saturated heterocycles. The first-order valence-electron chi connectivity index (χ1n) is 11.2. The summed E-state index contributed by atoms with van der Waals surface area (Å²) in [7, 11) is 0. The van der Waals surface area contributed by atoms with Gasteiger partial charge in [0.1, 0.15) is 5.75 Å². The third kappa shape index (κ3) is 6.86. The Morgan fingerprint density at radius 2 is 1.97 bits per heavy atom. The molecule has 1 N–H and O–H groups in total. The Labute approximate surface area is 219 Å². The van der Waals surface area contributed by atoms with Gasteiger partial charge in [0.2, 0.25) is 5.91 Å². The molecule has 11 heteroatoms. The van der Waals surface area contributed by atoms with E-state index in [9.17, 15) is 14.9 Å². The Kier molecular flexibility index (Phi) is 8.75. The fourth-order valence-electron chi connectivity index (χ4n) is 3.34. The van der Waals surface area contributed by atoms with E-state index in [1.807, 2.05) is 35.8 Å². The monoisotopic (exact) mass is 529 g/mol. The van der Waals surface area contributed by atoms with Crippen molar-refractivity contribution in [3.05, 3.63) is 81.6 Å². The number of thioether (sulfide) groups is 1. The molecule has 0 saturated carbocycles. The SMILES string of the molecule is C=CCn1c(SCC(=O)Nc2cc([N+](=O)[O-])ccc2Cl)nnc1C(C)Oc1ccc(C(C)(C)C)cc1. The van der Waals surface area contributed by atoms with Crippen molar-refractivity contribution in [3.8, 4) is 5.75 Å². The highest BCUT2D eigenvalue weighted by molar-refractivity contribution is 7.99. The molecule has 9 nitrogen and oxygen atoms in total. The highest BCUT2D eigenvalue weighted by atomic mass is 35.5. The highest BCUT2D eigenvalue weighted by Gasteiger charge is 2.21. The lowest BCUT2D eigenvalue weighted by Crippen LogP contribution is -2.16. The summed E-state index contributed by atoms with van der Waals surface area (Å²) in [6.45, 7) is 12.6. The van der Waals surface area contributed by atoms with Gasteiger partial charge in [-0.15, -0.1) is 16.8 Å². The van der Waals surface area contributed by atoms with Crippen molar-refractivity contribution in [2.75, 3.05) is 11.1 Å². The normalized spacial score (nSPS) is 12.1. The average Bonchev–Trinajstić information content (AvgIpc) is 3.21. The molecule has 190 valence electrons. The summed E-state index contributed by atoms with van der Waals surface area (Å²) in [4.78, 5) is 22.9. The van der Waals surface area contributed by atoms with Gasteiger partial charge in [0, 0.05) is 18.7 Å². The fraction of sp³-hybridized carbons (Fsp3) is 0.320. The van der Waals surface area contributed by atoms with Crippen molar-refractivity contribution in [1.29, 1.82) is 0 Å². The molecule has 1 heterocycles. The molecule has 36 heavy (non-hydrogen) atoms. The first kappa shape index (κ1) is 27.2. The molecular weight excluding hydrogens is 502 g/mol. The quantitative estimate of drug-likeness (QED) is 0.144. The van der Waals surface area contributed by atoms with Gasteiger partial charge in [0.15, 0.2) is 17.1 Å². The zero-order chi connectivity index (χ0) is 26.5. The van der Waals surface area contributed by atoms with Crippen molar-refractivity contribution in [1.82, 2.24) is 14.8 Å². The van der Waals surface area contributed by atoms with Gasteiger partial charge >= 0.3 is 0 Å². The molecule has 3 rings (SSSR count). The van der Waals surface area contributed by atoms with E-state index in [1.165, 1.54) is 35.5 Å². The lowest BCUT2D eigenvalue weighted by Gasteiger charge is -2.20. The van der Waals surface area contributed by atoms with E-state index in [-0.39, 0.29) is 33.5 Å². The third-order valence-corrected chi connectivity index (χ3v) is 6.52. The summed E-state index contributed by atoms with van der Waals surface area (Å²) in [6.07, 6.45) is 1.31. The molecule has 1 aromatic heterocycles. The molecule has 0 fully saturated rings. The average molecular weight is 530 g/mol. The smallest absolute Gasteiger partial charge is 0.271 e. The molecule has 0 aliphatic carbocycles. The largest absolute Gasteiger partial charge is 0.483 e. The second-order valence-corrected chi connectivity index (χ2v) is 10.4. The van der Waals surface area contributed by atoms with Gasteiger partial charge in [-0.2, -0.15) is 0 Å². The number of benzene rings is 2. The number of aromatic nitrogens is 3. The number of amides is 1. The van der Waals surface area contributed by atoms with Crippen molar-refractivity contribution in [3.63, 3.8) is 0 Å². The van der Waals surface area contributed by atoms with Crippen LogP contribution in [0.4, 0.5) is 11.4 Å². The van der Waals surface area contributed by atoms with Crippen LogP contribution in [0.25, 0.3) is 0 Å². The number of ether oxygens (including phenoxy) is 1. The minimum absolute atomic E-state index is 0.00218. The summed E-state index contributed by atoms with van der Waals surface area (Å²) in [5.74, 6) is 0.920. The molecule has 2 aromatic carbocycles. The lowest BCUT2D eigenvalue weighted by molar-refractivity contribution is -0.384. The fourth-order valence-corrected chi connectivity index (χ4v) is 4.26. The minimum atomic E-state index is -0.553. The van der Waals surface area contributed by atoms with Gasteiger partial charge in [-0.3, -0.25) is 19.5 Å². The van der Waals surface area contributed by atoms with E-state index in [0.29, 0.717) is 23.3 Å². The molecular formula is C25H28ClN5O4S. The first-order valence-corrected chi connectivity index (χ1v) is 12.5. The number of carbonyl (C=O) groups is 1. The Balaban J connectivity index is 1.68. The molecule has 3 aromatic rings. The highest BCUT2D eigenvalue weighted by Crippen LogP contribution is 2.29. The van der Waals surface area contributed by atoms with Crippen LogP contribution in [-0.2, 0) is 16.8 Å². The van der Waals surface area contributed by atoms with E-state index in [4.69, 9.17) is 16.3 Å². The zero-order valence-corrected chi connectivity index (χ0v) is 22.1.